The van der Waals surface area contributed by atoms with Gasteiger partial charge in [0.2, 0.25) is 0 Å². The van der Waals surface area contributed by atoms with Crippen molar-refractivity contribution in [3.05, 3.63) is 48.0 Å². The fraction of sp³-hybridized carbons (Fsp3) is 0.526. The van der Waals surface area contributed by atoms with Crippen molar-refractivity contribution in [2.24, 2.45) is 4.99 Å². The van der Waals surface area contributed by atoms with Crippen LogP contribution in [0.25, 0.3) is 0 Å². The Hall–Kier alpha value is -2.41. The molecule has 2 rings (SSSR count). The number of aryl methyl sites for hydroxylation is 1. The predicted molar refractivity (Wildman–Crippen MR) is 106 cm³/mol. The number of nitrogens with one attached hydrogen (secondary N) is 2. The second kappa shape index (κ2) is 10.6. The molecule has 0 bridgehead atoms. The standard InChI is InChI=1S/C19H31N7/c1-5-18-24-23-15-26(18)12-11-21-19(20-2)22-14-17(25(3)4)13-16-9-7-6-8-10-16/h6-10,15,17H,5,11-14H2,1-4H3,(H2,20,21,22). The molecule has 26 heavy (non-hydrogen) atoms. The molecule has 2 aromatic rings. The van der Waals surface area contributed by atoms with Crippen molar-refractivity contribution < 1.29 is 0 Å². The van der Waals surface area contributed by atoms with Gasteiger partial charge in [0.1, 0.15) is 12.2 Å². The molecule has 1 unspecified atom stereocenters. The molecule has 0 saturated heterocycles. The van der Waals surface area contributed by atoms with Crippen LogP contribution in [0.1, 0.15) is 18.3 Å². The molecule has 142 valence electrons. The lowest BCUT2D eigenvalue weighted by Crippen LogP contribution is -2.46. The van der Waals surface area contributed by atoms with E-state index in [4.69, 9.17) is 0 Å². The summed E-state index contributed by atoms with van der Waals surface area (Å²) in [5.41, 5.74) is 1.34. The Balaban J connectivity index is 1.80. The van der Waals surface area contributed by atoms with Gasteiger partial charge in [-0.3, -0.25) is 4.99 Å². The molecule has 7 nitrogen and oxygen atoms in total. The summed E-state index contributed by atoms with van der Waals surface area (Å²) in [6.45, 7) is 4.50. The smallest absolute Gasteiger partial charge is 0.191 e. The molecule has 0 fully saturated rings. The van der Waals surface area contributed by atoms with Gasteiger partial charge in [0.25, 0.3) is 0 Å². The topological polar surface area (TPSA) is 70.4 Å². The van der Waals surface area contributed by atoms with Crippen LogP contribution in [0, 0.1) is 0 Å². The van der Waals surface area contributed by atoms with Gasteiger partial charge in [-0.1, -0.05) is 37.3 Å². The molecular weight excluding hydrogens is 326 g/mol. The van der Waals surface area contributed by atoms with Gasteiger partial charge in [0, 0.05) is 39.1 Å². The monoisotopic (exact) mass is 357 g/mol. The fourth-order valence-electron chi connectivity index (χ4n) is 2.79. The van der Waals surface area contributed by atoms with E-state index in [0.717, 1.165) is 44.3 Å². The molecule has 1 heterocycles. The van der Waals surface area contributed by atoms with Gasteiger partial charge in [0.15, 0.2) is 5.96 Å². The number of hydrogen-bond donors (Lipinski definition) is 2. The predicted octanol–water partition coefficient (Wildman–Crippen LogP) is 1.18. The highest BCUT2D eigenvalue weighted by molar-refractivity contribution is 5.79. The number of aliphatic imine (C=N–C) groups is 1. The van der Waals surface area contributed by atoms with Gasteiger partial charge in [-0.15, -0.1) is 10.2 Å². The van der Waals surface area contributed by atoms with Crippen LogP contribution in [0.2, 0.25) is 0 Å². The number of nitrogens with zero attached hydrogens (tertiary/aromatic N) is 5. The lowest BCUT2D eigenvalue weighted by Gasteiger charge is -2.25. The molecule has 1 aromatic heterocycles. The van der Waals surface area contributed by atoms with Crippen molar-refractivity contribution in [1.82, 2.24) is 30.3 Å². The first-order valence-electron chi connectivity index (χ1n) is 9.15. The highest BCUT2D eigenvalue weighted by Gasteiger charge is 2.13. The van der Waals surface area contributed by atoms with E-state index in [1.807, 2.05) is 0 Å². The Morgan fingerprint density at radius 1 is 1.23 bits per heavy atom. The van der Waals surface area contributed by atoms with Crippen molar-refractivity contribution in [1.29, 1.82) is 0 Å². The third kappa shape index (κ3) is 6.15. The van der Waals surface area contributed by atoms with E-state index >= 15 is 0 Å². The van der Waals surface area contributed by atoms with Crippen LogP contribution in [0.3, 0.4) is 0 Å². The zero-order chi connectivity index (χ0) is 18.8. The van der Waals surface area contributed by atoms with E-state index in [0.29, 0.717) is 6.04 Å². The number of aromatic nitrogens is 3. The molecule has 0 amide bonds. The molecule has 0 radical (unpaired) electrons. The zero-order valence-electron chi connectivity index (χ0n) is 16.3. The Morgan fingerprint density at radius 2 is 2.00 bits per heavy atom. The first kappa shape index (κ1) is 19.9. The number of rotatable bonds is 9. The van der Waals surface area contributed by atoms with Crippen molar-refractivity contribution in [3.63, 3.8) is 0 Å². The summed E-state index contributed by atoms with van der Waals surface area (Å²) in [5.74, 6) is 1.82. The van der Waals surface area contributed by atoms with E-state index in [2.05, 4.69) is 86.6 Å². The van der Waals surface area contributed by atoms with Gasteiger partial charge in [0.05, 0.1) is 0 Å². The summed E-state index contributed by atoms with van der Waals surface area (Å²) in [4.78, 5) is 6.57. The largest absolute Gasteiger partial charge is 0.355 e. The first-order chi connectivity index (χ1) is 12.6. The van der Waals surface area contributed by atoms with Gasteiger partial charge in [-0.2, -0.15) is 0 Å². The lowest BCUT2D eigenvalue weighted by molar-refractivity contribution is 0.290. The number of likely N-dealkylation sites (N-methyl/N-ethyl adjacent to an activating group) is 1. The number of guanidine groups is 1. The molecule has 2 N–H and O–H groups in total. The average Bonchev–Trinajstić information content (AvgIpc) is 3.11. The average molecular weight is 358 g/mol. The third-order valence-corrected chi connectivity index (χ3v) is 4.43. The number of hydrogen-bond acceptors (Lipinski definition) is 4. The molecular formula is C19H31N7. The second-order valence-electron chi connectivity index (χ2n) is 6.48. The Kier molecular flexibility index (Phi) is 8.08. The normalized spacial score (nSPS) is 13.0. The first-order valence-corrected chi connectivity index (χ1v) is 9.15. The Morgan fingerprint density at radius 3 is 2.65 bits per heavy atom. The van der Waals surface area contributed by atoms with Gasteiger partial charge in [-0.25, -0.2) is 0 Å². The van der Waals surface area contributed by atoms with Crippen molar-refractivity contribution in [2.45, 2.75) is 32.4 Å². The second-order valence-corrected chi connectivity index (χ2v) is 6.48. The van der Waals surface area contributed by atoms with E-state index in [1.165, 1.54) is 5.56 Å². The Labute approximate surface area is 156 Å². The van der Waals surface area contributed by atoms with Crippen LogP contribution in [-0.4, -0.2) is 65.9 Å². The Bertz CT molecular complexity index is 664. The van der Waals surface area contributed by atoms with E-state index in [9.17, 15) is 0 Å². The van der Waals surface area contributed by atoms with E-state index in [1.54, 1.807) is 13.4 Å². The minimum Gasteiger partial charge on any atom is -0.355 e. The molecule has 0 aliphatic carbocycles. The minimum atomic E-state index is 0.389. The molecule has 0 aliphatic heterocycles. The van der Waals surface area contributed by atoms with Crippen molar-refractivity contribution in [2.75, 3.05) is 34.2 Å². The molecule has 0 saturated carbocycles. The highest BCUT2D eigenvalue weighted by atomic mass is 15.3. The highest BCUT2D eigenvalue weighted by Crippen LogP contribution is 2.06. The van der Waals surface area contributed by atoms with E-state index in [-0.39, 0.29) is 0 Å². The van der Waals surface area contributed by atoms with Crippen molar-refractivity contribution >= 4 is 5.96 Å². The number of benzene rings is 1. The lowest BCUT2D eigenvalue weighted by atomic mass is 10.1. The molecule has 1 aromatic carbocycles. The van der Waals surface area contributed by atoms with E-state index < -0.39 is 0 Å². The summed E-state index contributed by atoms with van der Waals surface area (Å²) in [5, 5.41) is 14.9. The maximum Gasteiger partial charge on any atom is 0.191 e. The summed E-state index contributed by atoms with van der Waals surface area (Å²) >= 11 is 0. The summed E-state index contributed by atoms with van der Waals surface area (Å²) in [6, 6.07) is 11.0. The fourth-order valence-corrected chi connectivity index (χ4v) is 2.79. The van der Waals surface area contributed by atoms with Crippen LogP contribution in [0.15, 0.2) is 41.7 Å². The maximum atomic E-state index is 4.32. The maximum absolute atomic E-state index is 4.32. The van der Waals surface area contributed by atoms with Crippen LogP contribution in [0.4, 0.5) is 0 Å². The van der Waals surface area contributed by atoms with Crippen molar-refractivity contribution in [3.8, 4) is 0 Å². The zero-order valence-corrected chi connectivity index (χ0v) is 16.3. The quantitative estimate of drug-likeness (QED) is 0.521. The molecule has 1 atom stereocenters. The van der Waals surface area contributed by atoms with Crippen LogP contribution in [0.5, 0.6) is 0 Å². The van der Waals surface area contributed by atoms with Gasteiger partial charge in [-0.05, 0) is 26.1 Å². The third-order valence-electron chi connectivity index (χ3n) is 4.43. The molecule has 0 spiro atoms. The van der Waals surface area contributed by atoms with Crippen LogP contribution in [-0.2, 0) is 19.4 Å². The summed E-state index contributed by atoms with van der Waals surface area (Å²) < 4.78 is 2.07. The van der Waals surface area contributed by atoms with Crippen LogP contribution < -0.4 is 10.6 Å². The summed E-state index contributed by atoms with van der Waals surface area (Å²) in [7, 11) is 6.03. The van der Waals surface area contributed by atoms with Crippen LogP contribution >= 0.6 is 0 Å². The van der Waals surface area contributed by atoms with Gasteiger partial charge < -0.3 is 20.1 Å². The molecule has 7 heteroatoms. The van der Waals surface area contributed by atoms with Gasteiger partial charge >= 0.3 is 0 Å². The molecule has 0 aliphatic rings. The minimum absolute atomic E-state index is 0.389. The summed E-state index contributed by atoms with van der Waals surface area (Å²) in [6.07, 6.45) is 3.66. The SMILES string of the molecule is CCc1nncn1CCNC(=NC)NCC(Cc1ccccc1)N(C)C.